The van der Waals surface area contributed by atoms with Gasteiger partial charge in [-0.3, -0.25) is 9.59 Å². The molecule has 1 atom stereocenters. The van der Waals surface area contributed by atoms with Crippen LogP contribution >= 0.6 is 11.8 Å². The van der Waals surface area contributed by atoms with Crippen LogP contribution in [0.25, 0.3) is 0 Å². The molecule has 1 saturated heterocycles. The van der Waals surface area contributed by atoms with Gasteiger partial charge in [-0.15, -0.1) is 0 Å². The van der Waals surface area contributed by atoms with Crippen molar-refractivity contribution in [1.82, 2.24) is 15.5 Å². The van der Waals surface area contributed by atoms with Crippen LogP contribution in [0.2, 0.25) is 0 Å². The fourth-order valence-electron chi connectivity index (χ4n) is 2.89. The zero-order chi connectivity index (χ0) is 20.5. The monoisotopic (exact) mass is 405 g/mol. The molecular weight excluding hydrogens is 374 g/mol. The normalized spacial score (nSPS) is 17.5. The van der Waals surface area contributed by atoms with Crippen LogP contribution in [0.15, 0.2) is 29.3 Å². The Bertz CT molecular complexity index is 690. The lowest BCUT2D eigenvalue weighted by Crippen LogP contribution is -2.49. The quantitative estimate of drug-likeness (QED) is 0.471. The molecule has 7 nitrogen and oxygen atoms in total. The van der Waals surface area contributed by atoms with Gasteiger partial charge in [0.1, 0.15) is 0 Å². The van der Waals surface area contributed by atoms with Crippen molar-refractivity contribution in [3.63, 3.8) is 0 Å². The van der Waals surface area contributed by atoms with Gasteiger partial charge in [0.25, 0.3) is 5.91 Å². The number of benzene rings is 1. The molecule has 1 aliphatic heterocycles. The lowest BCUT2D eigenvalue weighted by atomic mass is 10.1. The molecule has 1 aromatic rings. The van der Waals surface area contributed by atoms with Gasteiger partial charge in [-0.2, -0.15) is 11.8 Å². The summed E-state index contributed by atoms with van der Waals surface area (Å²) in [7, 11) is 0. The molecule has 0 saturated carbocycles. The van der Waals surface area contributed by atoms with Crippen LogP contribution < -0.4 is 16.4 Å². The highest BCUT2D eigenvalue weighted by Crippen LogP contribution is 2.25. The largest absolute Gasteiger partial charge is 0.368 e. The van der Waals surface area contributed by atoms with Gasteiger partial charge < -0.3 is 21.3 Å². The first-order valence-corrected chi connectivity index (χ1v) is 10.8. The molecule has 0 aliphatic carbocycles. The lowest BCUT2D eigenvalue weighted by molar-refractivity contribution is -0.117. The smallest absolute Gasteiger partial charge is 0.251 e. The van der Waals surface area contributed by atoms with E-state index < -0.39 is 5.91 Å². The molecule has 4 N–H and O–H groups in total. The summed E-state index contributed by atoms with van der Waals surface area (Å²) >= 11 is 2.04. The van der Waals surface area contributed by atoms with Gasteiger partial charge in [0.2, 0.25) is 5.91 Å². The van der Waals surface area contributed by atoms with Gasteiger partial charge in [0, 0.05) is 36.2 Å². The first-order valence-electron chi connectivity index (χ1n) is 9.71. The number of aliphatic imine (C=N–C) groups is 1. The van der Waals surface area contributed by atoms with Crippen LogP contribution in [0, 0.1) is 5.92 Å². The Morgan fingerprint density at radius 1 is 1.29 bits per heavy atom. The van der Waals surface area contributed by atoms with Crippen molar-refractivity contribution in [2.75, 3.05) is 31.9 Å². The molecule has 1 aromatic carbocycles. The molecule has 8 heteroatoms. The third kappa shape index (κ3) is 6.74. The van der Waals surface area contributed by atoms with Crippen molar-refractivity contribution in [3.8, 4) is 0 Å². The second-order valence-electron chi connectivity index (χ2n) is 7.12. The molecule has 1 fully saturated rings. The highest BCUT2D eigenvalue weighted by Gasteiger charge is 2.24. The highest BCUT2D eigenvalue weighted by atomic mass is 32.2. The van der Waals surface area contributed by atoms with E-state index in [0.717, 1.165) is 36.9 Å². The second kappa shape index (κ2) is 10.9. The maximum Gasteiger partial charge on any atom is 0.251 e. The predicted molar refractivity (Wildman–Crippen MR) is 115 cm³/mol. The number of guanidine groups is 1. The number of hydrogen-bond acceptors (Lipinski definition) is 4. The third-order valence-electron chi connectivity index (χ3n) is 4.52. The molecule has 28 heavy (non-hydrogen) atoms. The summed E-state index contributed by atoms with van der Waals surface area (Å²) in [6.45, 7) is 9.83. The molecule has 1 aliphatic rings. The van der Waals surface area contributed by atoms with E-state index >= 15 is 0 Å². The van der Waals surface area contributed by atoms with Crippen molar-refractivity contribution in [1.29, 1.82) is 0 Å². The van der Waals surface area contributed by atoms with Crippen molar-refractivity contribution in [2.45, 2.75) is 32.6 Å². The number of thioether (sulfide) groups is 1. The minimum atomic E-state index is -0.564. The molecule has 154 valence electrons. The van der Waals surface area contributed by atoms with Crippen LogP contribution in [0.3, 0.4) is 0 Å². The molecule has 2 rings (SSSR count). The Balaban J connectivity index is 2.00. The fraction of sp³-hybridized carbons (Fsp3) is 0.550. The molecule has 0 bridgehead atoms. The Kier molecular flexibility index (Phi) is 8.63. The van der Waals surface area contributed by atoms with E-state index in [4.69, 9.17) is 10.7 Å². The van der Waals surface area contributed by atoms with Crippen molar-refractivity contribution < 1.29 is 9.59 Å². The number of rotatable bonds is 7. The third-order valence-corrected chi connectivity index (χ3v) is 6.06. The molecule has 0 aromatic heterocycles. The second-order valence-corrected chi connectivity index (χ2v) is 8.46. The first-order chi connectivity index (χ1) is 13.4. The molecule has 1 unspecified atom stereocenters. The van der Waals surface area contributed by atoms with E-state index in [2.05, 4.69) is 36.3 Å². The summed E-state index contributed by atoms with van der Waals surface area (Å²) < 4.78 is 0. The summed E-state index contributed by atoms with van der Waals surface area (Å²) in [5.41, 5.74) is 6.56. The standard InChI is InChI=1S/C20H31N5O2S/c1-4-22-20(25-9-10-28-17(13-25)14(2)3)24-11-15-5-7-16(8-6-15)19(27)23-12-18(21)26/h5-8,14,17H,4,9-13H2,1-3H3,(H2,21,26)(H,22,24)(H,23,27). The van der Waals surface area contributed by atoms with Gasteiger partial charge in [-0.25, -0.2) is 4.99 Å². The number of amides is 2. The first kappa shape index (κ1) is 22.1. The number of primary amides is 1. The summed E-state index contributed by atoms with van der Waals surface area (Å²) in [6, 6.07) is 7.24. The average molecular weight is 406 g/mol. The number of nitrogens with zero attached hydrogens (tertiary/aromatic N) is 2. The van der Waals surface area contributed by atoms with Crippen molar-refractivity contribution in [2.24, 2.45) is 16.6 Å². The molecule has 2 amide bonds. The number of carbonyl (C=O) groups excluding carboxylic acids is 2. The number of nitrogens with one attached hydrogen (secondary N) is 2. The summed E-state index contributed by atoms with van der Waals surface area (Å²) in [6.07, 6.45) is 0. The lowest BCUT2D eigenvalue weighted by Gasteiger charge is -2.36. The minimum absolute atomic E-state index is 0.164. The molecular formula is C20H31N5O2S. The summed E-state index contributed by atoms with van der Waals surface area (Å²) in [5, 5.41) is 6.50. The van der Waals surface area contributed by atoms with Crippen LogP contribution in [-0.2, 0) is 11.3 Å². The van der Waals surface area contributed by atoms with Gasteiger partial charge in [0.15, 0.2) is 5.96 Å². The molecule has 0 spiro atoms. The number of nitrogens with two attached hydrogens (primary N) is 1. The van der Waals surface area contributed by atoms with Crippen LogP contribution in [0.4, 0.5) is 0 Å². The number of carbonyl (C=O) groups is 2. The van der Waals surface area contributed by atoms with Crippen LogP contribution in [-0.4, -0.2) is 59.9 Å². The predicted octanol–water partition coefficient (Wildman–Crippen LogP) is 1.44. The summed E-state index contributed by atoms with van der Waals surface area (Å²) in [4.78, 5) is 29.8. The van der Waals surface area contributed by atoms with E-state index in [9.17, 15) is 9.59 Å². The minimum Gasteiger partial charge on any atom is -0.368 e. The van der Waals surface area contributed by atoms with E-state index in [-0.39, 0.29) is 12.5 Å². The van der Waals surface area contributed by atoms with E-state index in [1.165, 1.54) is 0 Å². The topological polar surface area (TPSA) is 99.8 Å². The maximum atomic E-state index is 11.9. The Morgan fingerprint density at radius 2 is 2.00 bits per heavy atom. The zero-order valence-corrected chi connectivity index (χ0v) is 17.7. The molecule has 1 heterocycles. The highest BCUT2D eigenvalue weighted by molar-refractivity contribution is 8.00. The van der Waals surface area contributed by atoms with E-state index in [1.807, 2.05) is 23.9 Å². The van der Waals surface area contributed by atoms with Crippen LogP contribution in [0.5, 0.6) is 0 Å². The number of hydrogen-bond donors (Lipinski definition) is 3. The molecule has 0 radical (unpaired) electrons. The zero-order valence-electron chi connectivity index (χ0n) is 16.9. The Labute approximate surface area is 171 Å². The van der Waals surface area contributed by atoms with Gasteiger partial charge in [-0.05, 0) is 30.5 Å². The SMILES string of the molecule is CCNC(=NCc1ccc(C(=O)NCC(N)=O)cc1)N1CCSC(C(C)C)C1. The fourth-order valence-corrected chi connectivity index (χ4v) is 4.19. The van der Waals surface area contributed by atoms with E-state index in [1.54, 1.807) is 12.1 Å². The van der Waals surface area contributed by atoms with E-state index in [0.29, 0.717) is 23.3 Å². The van der Waals surface area contributed by atoms with Crippen molar-refractivity contribution >= 4 is 29.5 Å². The average Bonchev–Trinajstić information content (AvgIpc) is 2.69. The maximum absolute atomic E-state index is 11.9. The Hall–Kier alpha value is -2.22. The van der Waals surface area contributed by atoms with Crippen LogP contribution in [0.1, 0.15) is 36.7 Å². The van der Waals surface area contributed by atoms with Gasteiger partial charge in [-0.1, -0.05) is 26.0 Å². The van der Waals surface area contributed by atoms with Gasteiger partial charge >= 0.3 is 0 Å². The van der Waals surface area contributed by atoms with Crippen molar-refractivity contribution in [3.05, 3.63) is 35.4 Å². The summed E-state index contributed by atoms with van der Waals surface area (Å²) in [5.74, 6) is 1.82. The van der Waals surface area contributed by atoms with Gasteiger partial charge in [0.05, 0.1) is 13.1 Å². The Morgan fingerprint density at radius 3 is 2.61 bits per heavy atom.